The predicted octanol–water partition coefficient (Wildman–Crippen LogP) is 1.01. The molecular formula is C14H22N4O2. The van der Waals surface area contributed by atoms with Crippen molar-refractivity contribution in [1.82, 2.24) is 15.5 Å². The van der Waals surface area contributed by atoms with Crippen LogP contribution in [-0.2, 0) is 4.79 Å². The molecule has 0 saturated carbocycles. The lowest BCUT2D eigenvalue weighted by atomic mass is 9.97. The number of carbonyl (C=O) groups is 2. The number of hydrogen-bond donors (Lipinski definition) is 2. The first-order valence-corrected chi connectivity index (χ1v) is 6.96. The molecule has 0 saturated heterocycles. The molecule has 0 aliphatic carbocycles. The number of nitrogens with one attached hydrogen (secondary N) is 2. The van der Waals surface area contributed by atoms with Crippen LogP contribution in [0, 0.1) is 17.2 Å². The highest BCUT2D eigenvalue weighted by atomic mass is 16.2. The molecular weight excluding hydrogens is 256 g/mol. The van der Waals surface area contributed by atoms with E-state index in [1.807, 2.05) is 20.8 Å². The molecule has 20 heavy (non-hydrogen) atoms. The molecule has 0 aromatic carbocycles. The van der Waals surface area contributed by atoms with E-state index in [9.17, 15) is 9.59 Å². The van der Waals surface area contributed by atoms with Crippen molar-refractivity contribution in [3.05, 3.63) is 12.2 Å². The molecule has 1 heterocycles. The number of urea groups is 1. The minimum atomic E-state index is -0.609. The van der Waals surface area contributed by atoms with Gasteiger partial charge < -0.3 is 15.5 Å². The van der Waals surface area contributed by atoms with Gasteiger partial charge >= 0.3 is 6.03 Å². The Morgan fingerprint density at radius 3 is 2.75 bits per heavy atom. The molecule has 6 heteroatoms. The van der Waals surface area contributed by atoms with Gasteiger partial charge in [-0.3, -0.25) is 4.79 Å². The van der Waals surface area contributed by atoms with E-state index in [2.05, 4.69) is 16.7 Å². The molecule has 0 unspecified atom stereocenters. The molecule has 0 aromatic rings. The number of nitriles is 1. The van der Waals surface area contributed by atoms with E-state index in [-0.39, 0.29) is 17.9 Å². The highest BCUT2D eigenvalue weighted by Crippen LogP contribution is 2.16. The molecule has 0 aromatic heterocycles. The molecule has 0 spiro atoms. The third-order valence-electron chi connectivity index (χ3n) is 3.47. The minimum absolute atomic E-state index is 0.00467. The molecule has 0 bridgehead atoms. The summed E-state index contributed by atoms with van der Waals surface area (Å²) >= 11 is 0. The van der Waals surface area contributed by atoms with Gasteiger partial charge in [-0.1, -0.05) is 26.3 Å². The van der Waals surface area contributed by atoms with Gasteiger partial charge in [-0.2, -0.15) is 5.26 Å². The second-order valence-electron chi connectivity index (χ2n) is 4.86. The molecule has 0 fully saturated rings. The zero-order valence-corrected chi connectivity index (χ0v) is 12.2. The average Bonchev–Trinajstić information content (AvgIpc) is 2.92. The van der Waals surface area contributed by atoms with E-state index >= 15 is 0 Å². The van der Waals surface area contributed by atoms with E-state index < -0.39 is 12.1 Å². The van der Waals surface area contributed by atoms with Crippen molar-refractivity contribution in [3.8, 4) is 6.07 Å². The fourth-order valence-electron chi connectivity index (χ4n) is 2.08. The first kappa shape index (κ1) is 16.0. The summed E-state index contributed by atoms with van der Waals surface area (Å²) in [7, 11) is 0. The van der Waals surface area contributed by atoms with Gasteiger partial charge in [0.1, 0.15) is 12.1 Å². The molecule has 1 rings (SSSR count). The van der Waals surface area contributed by atoms with Gasteiger partial charge in [-0.05, 0) is 18.9 Å². The summed E-state index contributed by atoms with van der Waals surface area (Å²) in [6, 6.07) is 0.574. The van der Waals surface area contributed by atoms with Crippen LogP contribution in [0.3, 0.4) is 0 Å². The van der Waals surface area contributed by atoms with Gasteiger partial charge in [0.25, 0.3) is 0 Å². The van der Waals surface area contributed by atoms with E-state index in [0.717, 1.165) is 6.42 Å². The summed E-state index contributed by atoms with van der Waals surface area (Å²) in [5.74, 6) is -0.202. The Balaban J connectivity index is 2.80. The zero-order chi connectivity index (χ0) is 15.1. The summed E-state index contributed by atoms with van der Waals surface area (Å²) in [5.41, 5.74) is 0. The molecule has 3 atom stereocenters. The third kappa shape index (κ3) is 3.73. The maximum atomic E-state index is 12.5. The molecule has 3 amide bonds. The molecule has 0 radical (unpaired) electrons. The van der Waals surface area contributed by atoms with Crippen molar-refractivity contribution in [2.24, 2.45) is 5.92 Å². The van der Waals surface area contributed by atoms with E-state index in [1.165, 1.54) is 4.90 Å². The molecule has 1 aliphatic rings. The van der Waals surface area contributed by atoms with Gasteiger partial charge in [-0.15, -0.1) is 0 Å². The Morgan fingerprint density at radius 1 is 1.50 bits per heavy atom. The van der Waals surface area contributed by atoms with Crippen molar-refractivity contribution in [2.75, 3.05) is 13.1 Å². The van der Waals surface area contributed by atoms with Crippen LogP contribution in [-0.4, -0.2) is 42.0 Å². The quantitative estimate of drug-likeness (QED) is 0.736. The van der Waals surface area contributed by atoms with Crippen LogP contribution in [0.25, 0.3) is 0 Å². The minimum Gasteiger partial charge on any atom is -0.338 e. The SMILES string of the molecule is CCNC(=O)N[C@H](C(=O)N1CC=C[C@H]1C#N)[C@@H](C)CC. The van der Waals surface area contributed by atoms with Gasteiger partial charge in [0.15, 0.2) is 0 Å². The second-order valence-corrected chi connectivity index (χ2v) is 4.86. The number of carbonyl (C=O) groups excluding carboxylic acids is 2. The fourth-order valence-corrected chi connectivity index (χ4v) is 2.08. The lowest BCUT2D eigenvalue weighted by Gasteiger charge is -2.29. The van der Waals surface area contributed by atoms with Gasteiger partial charge in [0.2, 0.25) is 5.91 Å². The number of amides is 3. The Morgan fingerprint density at radius 2 is 2.20 bits per heavy atom. The second kappa shape index (κ2) is 7.53. The monoisotopic (exact) mass is 278 g/mol. The Kier molecular flexibility index (Phi) is 6.04. The van der Waals surface area contributed by atoms with Crippen LogP contribution in [0.5, 0.6) is 0 Å². The lowest BCUT2D eigenvalue weighted by Crippen LogP contribution is -2.54. The number of hydrogen-bond acceptors (Lipinski definition) is 3. The maximum absolute atomic E-state index is 12.5. The first-order valence-electron chi connectivity index (χ1n) is 6.96. The molecule has 2 N–H and O–H groups in total. The summed E-state index contributed by atoms with van der Waals surface area (Å²) < 4.78 is 0. The van der Waals surface area contributed by atoms with Crippen molar-refractivity contribution in [3.63, 3.8) is 0 Å². The third-order valence-corrected chi connectivity index (χ3v) is 3.47. The summed E-state index contributed by atoms with van der Waals surface area (Å²) in [6.45, 7) is 6.62. The maximum Gasteiger partial charge on any atom is 0.315 e. The van der Waals surface area contributed by atoms with Crippen molar-refractivity contribution >= 4 is 11.9 Å². The van der Waals surface area contributed by atoms with Crippen LogP contribution in [0.1, 0.15) is 27.2 Å². The zero-order valence-electron chi connectivity index (χ0n) is 12.2. The van der Waals surface area contributed by atoms with Crippen molar-refractivity contribution in [2.45, 2.75) is 39.3 Å². The highest BCUT2D eigenvalue weighted by molar-refractivity contribution is 5.88. The van der Waals surface area contributed by atoms with Gasteiger partial charge in [0.05, 0.1) is 6.07 Å². The summed E-state index contributed by atoms with van der Waals surface area (Å²) in [4.78, 5) is 25.7. The lowest BCUT2D eigenvalue weighted by molar-refractivity contribution is -0.134. The highest BCUT2D eigenvalue weighted by Gasteiger charge is 2.33. The van der Waals surface area contributed by atoms with Gasteiger partial charge in [-0.25, -0.2) is 4.79 Å². The first-order chi connectivity index (χ1) is 9.54. The van der Waals surface area contributed by atoms with Crippen molar-refractivity contribution < 1.29 is 9.59 Å². The Hall–Kier alpha value is -2.03. The van der Waals surface area contributed by atoms with E-state index in [0.29, 0.717) is 13.1 Å². The molecule has 6 nitrogen and oxygen atoms in total. The number of nitrogens with zero attached hydrogens (tertiary/aromatic N) is 2. The Bertz CT molecular complexity index is 427. The topological polar surface area (TPSA) is 85.2 Å². The predicted molar refractivity (Wildman–Crippen MR) is 75.7 cm³/mol. The smallest absolute Gasteiger partial charge is 0.315 e. The van der Waals surface area contributed by atoms with Crippen LogP contribution in [0.2, 0.25) is 0 Å². The largest absolute Gasteiger partial charge is 0.338 e. The van der Waals surface area contributed by atoms with Crippen LogP contribution in [0.15, 0.2) is 12.2 Å². The van der Waals surface area contributed by atoms with Gasteiger partial charge in [0, 0.05) is 13.1 Å². The van der Waals surface area contributed by atoms with Crippen LogP contribution < -0.4 is 10.6 Å². The average molecular weight is 278 g/mol. The standard InChI is InChI=1S/C14H22N4O2/c1-4-10(3)12(17-14(20)16-5-2)13(19)18-8-6-7-11(18)9-15/h6-7,10-12H,4-5,8H2,1-3H3,(H2,16,17,20)/t10-,11-,12-/m0/s1. The van der Waals surface area contributed by atoms with Crippen molar-refractivity contribution in [1.29, 1.82) is 5.26 Å². The fraction of sp³-hybridized carbons (Fsp3) is 0.643. The van der Waals surface area contributed by atoms with E-state index in [1.54, 1.807) is 12.2 Å². The van der Waals surface area contributed by atoms with Crippen LogP contribution >= 0.6 is 0 Å². The van der Waals surface area contributed by atoms with Crippen LogP contribution in [0.4, 0.5) is 4.79 Å². The van der Waals surface area contributed by atoms with E-state index in [4.69, 9.17) is 5.26 Å². The molecule has 1 aliphatic heterocycles. The summed E-state index contributed by atoms with van der Waals surface area (Å²) in [5, 5.41) is 14.4. The summed E-state index contributed by atoms with van der Waals surface area (Å²) in [6.07, 6.45) is 4.27. The number of rotatable bonds is 5. The normalized spacial score (nSPS) is 20.1. The Labute approximate surface area is 119 Å². The molecule has 110 valence electrons.